The zero-order valence-corrected chi connectivity index (χ0v) is 18.2. The third-order valence-corrected chi connectivity index (χ3v) is 7.10. The Morgan fingerprint density at radius 3 is 2.81 bits per heavy atom. The first kappa shape index (κ1) is 20.1. The van der Waals surface area contributed by atoms with Gasteiger partial charge in [-0.05, 0) is 24.8 Å². The van der Waals surface area contributed by atoms with Crippen LogP contribution in [0.15, 0.2) is 32.8 Å². The second-order valence-corrected chi connectivity index (χ2v) is 8.96. The van der Waals surface area contributed by atoms with E-state index in [4.69, 9.17) is 4.98 Å². The summed E-state index contributed by atoms with van der Waals surface area (Å²) >= 11 is 4.45. The summed E-state index contributed by atoms with van der Waals surface area (Å²) in [6, 6.07) is 4.01. The summed E-state index contributed by atoms with van der Waals surface area (Å²) in [6.45, 7) is 5.34. The van der Waals surface area contributed by atoms with Crippen molar-refractivity contribution in [2.24, 2.45) is 0 Å². The third-order valence-electron chi connectivity index (χ3n) is 4.36. The van der Waals surface area contributed by atoms with Gasteiger partial charge in [0, 0.05) is 36.0 Å². The first-order valence-electron chi connectivity index (χ1n) is 8.99. The number of thioether (sulfide) groups is 1. The smallest absolute Gasteiger partial charge is 0.263 e. The monoisotopic (exact) mass is 421 g/mol. The van der Waals surface area contributed by atoms with Gasteiger partial charge in [0.05, 0.1) is 11.1 Å². The Kier molecular flexibility index (Phi) is 6.73. The molecule has 0 N–H and O–H groups in total. The summed E-state index contributed by atoms with van der Waals surface area (Å²) in [6.07, 6.45) is 2.06. The molecule has 5 nitrogen and oxygen atoms in total. The van der Waals surface area contributed by atoms with Gasteiger partial charge < -0.3 is 4.90 Å². The average Bonchev–Trinajstić information content (AvgIpc) is 3.33. The number of amides is 1. The van der Waals surface area contributed by atoms with E-state index in [-0.39, 0.29) is 11.5 Å². The predicted octanol–water partition coefficient (Wildman–Crippen LogP) is 4.56. The number of aromatic nitrogens is 2. The normalized spacial score (nSPS) is 11.2. The van der Waals surface area contributed by atoms with Gasteiger partial charge in [0.15, 0.2) is 5.16 Å². The fourth-order valence-electron chi connectivity index (χ4n) is 2.76. The number of fused-ring (bicyclic) bond motifs is 1. The number of nitrogens with zero attached hydrogens (tertiary/aromatic N) is 3. The molecule has 3 rings (SSSR count). The quantitative estimate of drug-likeness (QED) is 0.395. The van der Waals surface area contributed by atoms with Crippen LogP contribution in [0.25, 0.3) is 20.7 Å². The molecule has 8 heteroatoms. The number of unbranched alkanes of at least 4 members (excludes halogenated alkanes) is 1. The molecular formula is C19H23N3O2S3. The van der Waals surface area contributed by atoms with Crippen molar-refractivity contribution >= 4 is 50.6 Å². The molecule has 0 aliphatic rings. The molecule has 144 valence electrons. The number of hydrogen-bond donors (Lipinski definition) is 0. The molecule has 0 unspecified atom stereocenters. The van der Waals surface area contributed by atoms with E-state index in [0.717, 1.165) is 34.7 Å². The van der Waals surface area contributed by atoms with Gasteiger partial charge in [-0.2, -0.15) is 0 Å². The van der Waals surface area contributed by atoms with E-state index < -0.39 is 0 Å². The van der Waals surface area contributed by atoms with E-state index >= 15 is 0 Å². The largest absolute Gasteiger partial charge is 0.345 e. The molecule has 0 aliphatic carbocycles. The van der Waals surface area contributed by atoms with Gasteiger partial charge in [0.2, 0.25) is 5.91 Å². The number of rotatable bonds is 8. The highest BCUT2D eigenvalue weighted by atomic mass is 32.2. The molecule has 0 atom stereocenters. The van der Waals surface area contributed by atoms with E-state index in [1.54, 1.807) is 20.8 Å². The molecule has 0 bridgehead atoms. The number of hydrogen-bond acceptors (Lipinski definition) is 6. The highest BCUT2D eigenvalue weighted by molar-refractivity contribution is 7.99. The fraction of sp³-hybridized carbons (Fsp3) is 0.421. The van der Waals surface area contributed by atoms with Gasteiger partial charge in [-0.25, -0.2) is 4.98 Å². The molecule has 0 saturated heterocycles. The Hall–Kier alpha value is -1.64. The van der Waals surface area contributed by atoms with Crippen molar-refractivity contribution in [1.82, 2.24) is 14.5 Å². The molecule has 3 heterocycles. The van der Waals surface area contributed by atoms with Gasteiger partial charge >= 0.3 is 0 Å². The molecular weight excluding hydrogens is 398 g/mol. The van der Waals surface area contributed by atoms with Crippen LogP contribution in [0.5, 0.6) is 0 Å². The van der Waals surface area contributed by atoms with Crippen LogP contribution in [-0.4, -0.2) is 39.7 Å². The van der Waals surface area contributed by atoms with Crippen molar-refractivity contribution < 1.29 is 4.79 Å². The fourth-order valence-corrected chi connectivity index (χ4v) is 5.57. The third kappa shape index (κ3) is 4.28. The Bertz CT molecular complexity index is 976. The Morgan fingerprint density at radius 1 is 1.33 bits per heavy atom. The van der Waals surface area contributed by atoms with Crippen LogP contribution in [0, 0.1) is 0 Å². The standard InChI is InChI=1S/C19H23N3O2S3/c1-4-6-9-21(3)15(23)12-27-19-20-17-16(18(24)22(19)5-2)13(11-26-17)14-8-7-10-25-14/h7-8,10-11H,4-6,9,12H2,1-3H3. The minimum absolute atomic E-state index is 0.0264. The molecule has 0 aromatic carbocycles. The Morgan fingerprint density at radius 2 is 2.15 bits per heavy atom. The van der Waals surface area contributed by atoms with E-state index in [1.807, 2.05) is 36.9 Å². The zero-order chi connectivity index (χ0) is 19.4. The van der Waals surface area contributed by atoms with Crippen molar-refractivity contribution in [3.8, 4) is 10.4 Å². The molecule has 0 radical (unpaired) electrons. The summed E-state index contributed by atoms with van der Waals surface area (Å²) in [5.41, 5.74) is 0.929. The second-order valence-electron chi connectivity index (χ2n) is 6.21. The maximum absolute atomic E-state index is 13.1. The van der Waals surface area contributed by atoms with Gasteiger partial charge in [-0.15, -0.1) is 22.7 Å². The van der Waals surface area contributed by atoms with Crippen LogP contribution in [0.2, 0.25) is 0 Å². The maximum atomic E-state index is 13.1. The lowest BCUT2D eigenvalue weighted by atomic mass is 10.2. The molecule has 0 saturated carbocycles. The summed E-state index contributed by atoms with van der Waals surface area (Å²) in [5.74, 6) is 0.359. The summed E-state index contributed by atoms with van der Waals surface area (Å²) in [7, 11) is 1.83. The SMILES string of the molecule is CCCCN(C)C(=O)CSc1nc2scc(-c3cccs3)c2c(=O)n1CC. The van der Waals surface area contributed by atoms with Crippen LogP contribution in [-0.2, 0) is 11.3 Å². The van der Waals surface area contributed by atoms with Crippen molar-refractivity contribution in [3.05, 3.63) is 33.2 Å². The van der Waals surface area contributed by atoms with E-state index in [1.165, 1.54) is 23.1 Å². The van der Waals surface area contributed by atoms with Crippen LogP contribution >= 0.6 is 34.4 Å². The minimum atomic E-state index is -0.0264. The van der Waals surface area contributed by atoms with E-state index in [9.17, 15) is 9.59 Å². The molecule has 27 heavy (non-hydrogen) atoms. The first-order chi connectivity index (χ1) is 13.1. The topological polar surface area (TPSA) is 55.2 Å². The van der Waals surface area contributed by atoms with Crippen molar-refractivity contribution in [2.75, 3.05) is 19.3 Å². The highest BCUT2D eigenvalue weighted by Gasteiger charge is 2.18. The van der Waals surface area contributed by atoms with Gasteiger partial charge in [0.1, 0.15) is 4.83 Å². The van der Waals surface area contributed by atoms with Gasteiger partial charge in [0.25, 0.3) is 5.56 Å². The molecule has 3 aromatic rings. The molecule has 1 amide bonds. The Labute approximate surface area is 171 Å². The minimum Gasteiger partial charge on any atom is -0.345 e. The summed E-state index contributed by atoms with van der Waals surface area (Å²) in [5, 5.41) is 5.31. The lowest BCUT2D eigenvalue weighted by Gasteiger charge is -2.17. The maximum Gasteiger partial charge on any atom is 0.263 e. The lowest BCUT2D eigenvalue weighted by molar-refractivity contribution is -0.127. The summed E-state index contributed by atoms with van der Waals surface area (Å²) in [4.78, 5) is 33.7. The van der Waals surface area contributed by atoms with Gasteiger partial charge in [-0.3, -0.25) is 14.2 Å². The van der Waals surface area contributed by atoms with Crippen molar-refractivity contribution in [2.45, 2.75) is 38.4 Å². The van der Waals surface area contributed by atoms with E-state index in [0.29, 0.717) is 22.8 Å². The zero-order valence-electron chi connectivity index (χ0n) is 15.7. The summed E-state index contributed by atoms with van der Waals surface area (Å²) < 4.78 is 1.68. The molecule has 0 aliphatic heterocycles. The molecule has 3 aromatic heterocycles. The van der Waals surface area contributed by atoms with Crippen molar-refractivity contribution in [1.29, 1.82) is 0 Å². The number of carbonyl (C=O) groups is 1. The van der Waals surface area contributed by atoms with Gasteiger partial charge in [-0.1, -0.05) is 31.2 Å². The lowest BCUT2D eigenvalue weighted by Crippen LogP contribution is -2.30. The van der Waals surface area contributed by atoms with Crippen molar-refractivity contribution in [3.63, 3.8) is 0 Å². The second kappa shape index (κ2) is 9.03. The average molecular weight is 422 g/mol. The molecule has 0 fully saturated rings. The number of thiophene rings is 2. The van der Waals surface area contributed by atoms with Crippen LogP contribution in [0.4, 0.5) is 0 Å². The number of carbonyl (C=O) groups excluding carboxylic acids is 1. The van der Waals surface area contributed by atoms with Crippen LogP contribution < -0.4 is 5.56 Å². The molecule has 0 spiro atoms. The highest BCUT2D eigenvalue weighted by Crippen LogP contribution is 2.34. The van der Waals surface area contributed by atoms with E-state index in [2.05, 4.69) is 6.92 Å². The first-order valence-corrected chi connectivity index (χ1v) is 11.7. The predicted molar refractivity (Wildman–Crippen MR) is 116 cm³/mol. The van der Waals surface area contributed by atoms with Crippen LogP contribution in [0.3, 0.4) is 0 Å². The Balaban J connectivity index is 1.89. The van der Waals surface area contributed by atoms with Crippen LogP contribution in [0.1, 0.15) is 26.7 Å².